The predicted octanol–water partition coefficient (Wildman–Crippen LogP) is 3.66. The van der Waals surface area contributed by atoms with Gasteiger partial charge in [0.05, 0.1) is 12.6 Å². The van der Waals surface area contributed by atoms with E-state index in [2.05, 4.69) is 5.32 Å². The first kappa shape index (κ1) is 12.0. The molecule has 2 nitrogen and oxygen atoms in total. The molecule has 1 unspecified atom stereocenters. The Kier molecular flexibility index (Phi) is 3.43. The highest BCUT2D eigenvalue weighted by molar-refractivity contribution is 5.82. The van der Waals surface area contributed by atoms with Gasteiger partial charge in [-0.2, -0.15) is 0 Å². The summed E-state index contributed by atoms with van der Waals surface area (Å²) in [5.74, 6) is 0.729. The highest BCUT2D eigenvalue weighted by Gasteiger charge is 2.16. The van der Waals surface area contributed by atoms with Crippen molar-refractivity contribution in [2.75, 3.05) is 6.54 Å². The average Bonchev–Trinajstić information content (AvgIpc) is 2.64. The third-order valence-corrected chi connectivity index (χ3v) is 2.85. The number of rotatable bonds is 4. The minimum atomic E-state index is -2.35. The second-order valence-corrected chi connectivity index (χ2v) is 4.11. The Bertz CT molecular complexity index is 507. The van der Waals surface area contributed by atoms with Crippen LogP contribution < -0.4 is 5.32 Å². The van der Waals surface area contributed by atoms with Crippen molar-refractivity contribution in [2.24, 2.45) is 0 Å². The van der Waals surface area contributed by atoms with Crippen LogP contribution in [0.3, 0.4) is 0 Å². The Balaban J connectivity index is 2.26. The number of hydrogen-bond donors (Lipinski definition) is 1. The Morgan fingerprint density at radius 3 is 2.65 bits per heavy atom. The maximum Gasteiger partial charge on any atom is 0.250 e. The van der Waals surface area contributed by atoms with E-state index in [0.29, 0.717) is 0 Å². The summed E-state index contributed by atoms with van der Waals surface area (Å²) >= 11 is 0. The number of fused-ring (bicyclic) bond motifs is 1. The highest BCUT2D eigenvalue weighted by atomic mass is 19.3. The molecule has 0 bridgehead atoms. The lowest BCUT2D eigenvalue weighted by atomic mass is 10.1. The molecule has 92 valence electrons. The monoisotopic (exact) mass is 239 g/mol. The Hall–Kier alpha value is -1.42. The molecule has 1 aromatic carbocycles. The number of furan rings is 1. The molecule has 17 heavy (non-hydrogen) atoms. The fourth-order valence-corrected chi connectivity index (χ4v) is 1.96. The first-order valence-electron chi connectivity index (χ1n) is 5.59. The number of nitrogens with one attached hydrogen (secondary N) is 1. The summed E-state index contributed by atoms with van der Waals surface area (Å²) in [5, 5.41) is 3.79. The molecule has 0 saturated heterocycles. The van der Waals surface area contributed by atoms with Gasteiger partial charge in [-0.25, -0.2) is 8.78 Å². The van der Waals surface area contributed by atoms with Crippen molar-refractivity contribution in [2.45, 2.75) is 26.3 Å². The maximum atomic E-state index is 12.1. The van der Waals surface area contributed by atoms with Gasteiger partial charge < -0.3 is 9.73 Å². The molecule has 1 heterocycles. The van der Waals surface area contributed by atoms with Gasteiger partial charge >= 0.3 is 0 Å². The van der Waals surface area contributed by atoms with Gasteiger partial charge in [0.25, 0.3) is 6.43 Å². The Morgan fingerprint density at radius 2 is 2.00 bits per heavy atom. The SMILES string of the molecule is Cc1c(C(C)NCC(F)F)oc2ccccc12. The molecular weight excluding hydrogens is 224 g/mol. The van der Waals surface area contributed by atoms with Crippen LogP contribution in [0.5, 0.6) is 0 Å². The number of para-hydroxylation sites is 1. The van der Waals surface area contributed by atoms with Gasteiger partial charge in [0.1, 0.15) is 11.3 Å². The summed E-state index contributed by atoms with van der Waals surface area (Å²) < 4.78 is 29.9. The molecule has 0 spiro atoms. The zero-order valence-corrected chi connectivity index (χ0v) is 9.84. The van der Waals surface area contributed by atoms with Crippen molar-refractivity contribution in [3.05, 3.63) is 35.6 Å². The molecule has 0 aliphatic heterocycles. The standard InChI is InChI=1S/C13H15F2NO/c1-8-10-5-3-4-6-11(10)17-13(8)9(2)16-7-12(14)15/h3-6,9,12,16H,7H2,1-2H3. The van der Waals surface area contributed by atoms with E-state index in [4.69, 9.17) is 4.42 Å². The first-order chi connectivity index (χ1) is 8.09. The van der Waals surface area contributed by atoms with Gasteiger partial charge in [0, 0.05) is 5.39 Å². The fourth-order valence-electron chi connectivity index (χ4n) is 1.96. The second-order valence-electron chi connectivity index (χ2n) is 4.11. The third kappa shape index (κ3) is 2.47. The van der Waals surface area contributed by atoms with Crippen LogP contribution in [0.15, 0.2) is 28.7 Å². The van der Waals surface area contributed by atoms with Crippen molar-refractivity contribution in [1.82, 2.24) is 5.32 Å². The van der Waals surface area contributed by atoms with Crippen molar-refractivity contribution in [3.63, 3.8) is 0 Å². The van der Waals surface area contributed by atoms with E-state index in [1.807, 2.05) is 38.1 Å². The van der Waals surface area contributed by atoms with Crippen molar-refractivity contribution in [3.8, 4) is 0 Å². The van der Waals surface area contributed by atoms with Crippen molar-refractivity contribution < 1.29 is 13.2 Å². The van der Waals surface area contributed by atoms with Crippen LogP contribution in [0.2, 0.25) is 0 Å². The third-order valence-electron chi connectivity index (χ3n) is 2.85. The number of benzene rings is 1. The molecule has 0 aliphatic carbocycles. The van der Waals surface area contributed by atoms with Crippen molar-refractivity contribution >= 4 is 11.0 Å². The molecule has 0 fully saturated rings. The quantitative estimate of drug-likeness (QED) is 0.880. The zero-order chi connectivity index (χ0) is 12.4. The summed E-state index contributed by atoms with van der Waals surface area (Å²) in [6, 6.07) is 7.47. The van der Waals surface area contributed by atoms with Crippen LogP contribution in [-0.4, -0.2) is 13.0 Å². The average molecular weight is 239 g/mol. The fraction of sp³-hybridized carbons (Fsp3) is 0.385. The lowest BCUT2D eigenvalue weighted by molar-refractivity contribution is 0.141. The van der Waals surface area contributed by atoms with Crippen LogP contribution >= 0.6 is 0 Å². The van der Waals surface area contributed by atoms with E-state index < -0.39 is 6.43 Å². The summed E-state index contributed by atoms with van der Waals surface area (Å²) in [6.45, 7) is 3.45. The normalized spacial score (nSPS) is 13.5. The van der Waals surface area contributed by atoms with Crippen LogP contribution in [-0.2, 0) is 0 Å². The smallest absolute Gasteiger partial charge is 0.250 e. The predicted molar refractivity (Wildman–Crippen MR) is 63.4 cm³/mol. The molecule has 2 rings (SSSR count). The summed E-state index contributed by atoms with van der Waals surface area (Å²) in [4.78, 5) is 0. The molecule has 1 N–H and O–H groups in total. The zero-order valence-electron chi connectivity index (χ0n) is 9.84. The van der Waals surface area contributed by atoms with Crippen LogP contribution in [0.1, 0.15) is 24.3 Å². The number of halogens is 2. The van der Waals surface area contributed by atoms with Gasteiger partial charge in [0.15, 0.2) is 0 Å². The summed E-state index contributed by atoms with van der Waals surface area (Å²) in [5.41, 5.74) is 1.81. The molecule has 0 saturated carbocycles. The largest absolute Gasteiger partial charge is 0.459 e. The number of hydrogen-bond acceptors (Lipinski definition) is 2. The molecule has 2 aromatic rings. The van der Waals surface area contributed by atoms with Gasteiger partial charge in [-0.15, -0.1) is 0 Å². The van der Waals surface area contributed by atoms with Crippen LogP contribution in [0, 0.1) is 6.92 Å². The summed E-state index contributed by atoms with van der Waals surface area (Å²) in [6.07, 6.45) is -2.35. The topological polar surface area (TPSA) is 25.2 Å². The van der Waals surface area contributed by atoms with Crippen molar-refractivity contribution in [1.29, 1.82) is 0 Å². The highest BCUT2D eigenvalue weighted by Crippen LogP contribution is 2.29. The Morgan fingerprint density at radius 1 is 1.29 bits per heavy atom. The van der Waals surface area contributed by atoms with Gasteiger partial charge in [-0.05, 0) is 25.5 Å². The molecule has 1 atom stereocenters. The van der Waals surface area contributed by atoms with E-state index in [1.165, 1.54) is 0 Å². The van der Waals surface area contributed by atoms with Gasteiger partial charge in [-0.3, -0.25) is 0 Å². The molecule has 4 heteroatoms. The second kappa shape index (κ2) is 4.84. The van der Waals surface area contributed by atoms with E-state index in [1.54, 1.807) is 0 Å². The maximum absolute atomic E-state index is 12.1. The van der Waals surface area contributed by atoms with Gasteiger partial charge in [0.2, 0.25) is 0 Å². The number of aryl methyl sites for hydroxylation is 1. The minimum absolute atomic E-state index is 0.212. The van der Waals surface area contributed by atoms with E-state index in [-0.39, 0.29) is 12.6 Å². The molecule has 0 radical (unpaired) electrons. The minimum Gasteiger partial charge on any atom is -0.459 e. The lowest BCUT2D eigenvalue weighted by Gasteiger charge is -2.11. The van der Waals surface area contributed by atoms with Gasteiger partial charge in [-0.1, -0.05) is 18.2 Å². The molecular formula is C13H15F2NO. The van der Waals surface area contributed by atoms with Crippen LogP contribution in [0.25, 0.3) is 11.0 Å². The summed E-state index contributed by atoms with van der Waals surface area (Å²) in [7, 11) is 0. The molecule has 0 amide bonds. The first-order valence-corrected chi connectivity index (χ1v) is 5.59. The molecule has 1 aromatic heterocycles. The van der Waals surface area contributed by atoms with Crippen LogP contribution in [0.4, 0.5) is 8.78 Å². The van der Waals surface area contributed by atoms with E-state index in [0.717, 1.165) is 22.3 Å². The van der Waals surface area contributed by atoms with E-state index >= 15 is 0 Å². The molecule has 0 aliphatic rings. The van der Waals surface area contributed by atoms with E-state index in [9.17, 15) is 8.78 Å². The number of alkyl halides is 2. The Labute approximate surface area is 98.6 Å². The lowest BCUT2D eigenvalue weighted by Crippen LogP contribution is -2.24.